The van der Waals surface area contributed by atoms with E-state index in [0.29, 0.717) is 11.0 Å². The molecule has 0 spiro atoms. The first-order valence-corrected chi connectivity index (χ1v) is 5.80. The Bertz CT molecular complexity index is 478. The summed E-state index contributed by atoms with van der Waals surface area (Å²) in [5, 5.41) is 13.7. The Kier molecular flexibility index (Phi) is 4.27. The number of nitrogens with one attached hydrogen (secondary N) is 1. The molecule has 0 heterocycles. The minimum Gasteiger partial charge on any atom is -0.297 e. The SMILES string of the molecule is C#CC(C)(C)NCc1ccc([N+](=O)[O-])cc1Br. The first-order valence-electron chi connectivity index (χ1n) is 5.01. The normalized spacial score (nSPS) is 10.9. The molecule has 0 aliphatic rings. The maximum atomic E-state index is 10.6. The van der Waals surface area contributed by atoms with E-state index in [4.69, 9.17) is 6.42 Å². The first-order chi connectivity index (χ1) is 7.85. The molecule has 0 aliphatic carbocycles. The number of nitro groups is 1. The Morgan fingerprint density at radius 2 is 2.24 bits per heavy atom. The molecule has 0 aromatic heterocycles. The van der Waals surface area contributed by atoms with Gasteiger partial charge in [-0.2, -0.15) is 0 Å². The molecule has 0 fully saturated rings. The number of terminal acetylenes is 1. The fraction of sp³-hybridized carbons (Fsp3) is 0.333. The van der Waals surface area contributed by atoms with E-state index in [1.807, 2.05) is 13.8 Å². The molecule has 1 N–H and O–H groups in total. The highest BCUT2D eigenvalue weighted by Gasteiger charge is 2.14. The third kappa shape index (κ3) is 3.84. The van der Waals surface area contributed by atoms with Crippen molar-refractivity contribution in [2.24, 2.45) is 0 Å². The van der Waals surface area contributed by atoms with E-state index < -0.39 is 10.5 Å². The van der Waals surface area contributed by atoms with Crippen molar-refractivity contribution < 1.29 is 4.92 Å². The van der Waals surface area contributed by atoms with Gasteiger partial charge in [0.25, 0.3) is 5.69 Å². The van der Waals surface area contributed by atoms with Gasteiger partial charge >= 0.3 is 0 Å². The van der Waals surface area contributed by atoms with Crippen LogP contribution in [-0.2, 0) is 6.54 Å². The summed E-state index contributed by atoms with van der Waals surface area (Å²) in [5.74, 6) is 2.63. The van der Waals surface area contributed by atoms with Crippen LogP contribution in [-0.4, -0.2) is 10.5 Å². The number of hydrogen-bond donors (Lipinski definition) is 1. The number of nitrogens with zero attached hydrogens (tertiary/aromatic N) is 1. The van der Waals surface area contributed by atoms with Gasteiger partial charge in [0.15, 0.2) is 0 Å². The van der Waals surface area contributed by atoms with Crippen molar-refractivity contribution in [3.63, 3.8) is 0 Å². The molecule has 1 rings (SSSR count). The van der Waals surface area contributed by atoms with Crippen LogP contribution in [0.2, 0.25) is 0 Å². The van der Waals surface area contributed by atoms with Crippen molar-refractivity contribution in [2.45, 2.75) is 25.9 Å². The molecule has 1 aromatic carbocycles. The Labute approximate surface area is 109 Å². The number of nitro benzene ring substituents is 1. The van der Waals surface area contributed by atoms with E-state index in [9.17, 15) is 10.1 Å². The summed E-state index contributed by atoms with van der Waals surface area (Å²) < 4.78 is 0.701. The van der Waals surface area contributed by atoms with Crippen molar-refractivity contribution in [2.75, 3.05) is 0 Å². The monoisotopic (exact) mass is 296 g/mol. The highest BCUT2D eigenvalue weighted by Crippen LogP contribution is 2.23. The van der Waals surface area contributed by atoms with Crippen molar-refractivity contribution in [3.05, 3.63) is 38.3 Å². The van der Waals surface area contributed by atoms with E-state index >= 15 is 0 Å². The summed E-state index contributed by atoms with van der Waals surface area (Å²) in [4.78, 5) is 10.1. The molecule has 0 saturated heterocycles. The van der Waals surface area contributed by atoms with Crippen molar-refractivity contribution >= 4 is 21.6 Å². The molecule has 0 saturated carbocycles. The molecule has 0 bridgehead atoms. The van der Waals surface area contributed by atoms with Gasteiger partial charge in [0.2, 0.25) is 0 Å². The Morgan fingerprint density at radius 3 is 2.71 bits per heavy atom. The molecule has 4 nitrogen and oxygen atoms in total. The standard InChI is InChI=1S/C12H13BrN2O2/c1-4-12(2,3)14-8-9-5-6-10(15(16)17)7-11(9)13/h1,5-7,14H,8H2,2-3H3. The summed E-state index contributed by atoms with van der Waals surface area (Å²) in [6.45, 7) is 4.34. The largest absolute Gasteiger partial charge is 0.297 e. The second-order valence-corrected chi connectivity index (χ2v) is 5.01. The molecule has 90 valence electrons. The van der Waals surface area contributed by atoms with Gasteiger partial charge in [-0.05, 0) is 25.5 Å². The second-order valence-electron chi connectivity index (χ2n) is 4.16. The number of halogens is 1. The lowest BCUT2D eigenvalue weighted by Crippen LogP contribution is -2.36. The minimum absolute atomic E-state index is 0.0665. The number of benzene rings is 1. The van der Waals surface area contributed by atoms with Gasteiger partial charge in [0.1, 0.15) is 0 Å². The van der Waals surface area contributed by atoms with Gasteiger partial charge in [0, 0.05) is 23.2 Å². The molecule has 17 heavy (non-hydrogen) atoms. The van der Waals surface area contributed by atoms with Gasteiger partial charge in [0.05, 0.1) is 10.5 Å². The first kappa shape index (κ1) is 13.7. The molecular weight excluding hydrogens is 284 g/mol. The maximum Gasteiger partial charge on any atom is 0.270 e. The van der Waals surface area contributed by atoms with E-state index in [0.717, 1.165) is 5.56 Å². The third-order valence-electron chi connectivity index (χ3n) is 2.33. The fourth-order valence-electron chi connectivity index (χ4n) is 1.16. The predicted molar refractivity (Wildman–Crippen MR) is 70.5 cm³/mol. The lowest BCUT2D eigenvalue weighted by atomic mass is 10.1. The molecule has 5 heteroatoms. The van der Waals surface area contributed by atoms with E-state index in [1.54, 1.807) is 6.07 Å². The van der Waals surface area contributed by atoms with E-state index in [2.05, 4.69) is 27.2 Å². The predicted octanol–water partition coefficient (Wildman–Crippen LogP) is 2.86. The number of rotatable bonds is 4. The highest BCUT2D eigenvalue weighted by atomic mass is 79.9. The zero-order valence-electron chi connectivity index (χ0n) is 9.66. The van der Waals surface area contributed by atoms with Crippen molar-refractivity contribution in [3.8, 4) is 12.3 Å². The van der Waals surface area contributed by atoms with Crippen LogP contribution in [0.15, 0.2) is 22.7 Å². The van der Waals surface area contributed by atoms with Gasteiger partial charge in [-0.15, -0.1) is 6.42 Å². The van der Waals surface area contributed by atoms with Gasteiger partial charge in [-0.25, -0.2) is 0 Å². The number of non-ortho nitro benzene ring substituents is 1. The Balaban J connectivity index is 2.81. The average Bonchev–Trinajstić information content (AvgIpc) is 2.27. The lowest BCUT2D eigenvalue weighted by Gasteiger charge is -2.19. The average molecular weight is 297 g/mol. The zero-order chi connectivity index (χ0) is 13.1. The van der Waals surface area contributed by atoms with Crippen LogP contribution in [0.5, 0.6) is 0 Å². The third-order valence-corrected chi connectivity index (χ3v) is 3.07. The topological polar surface area (TPSA) is 55.2 Å². The Morgan fingerprint density at radius 1 is 1.59 bits per heavy atom. The summed E-state index contributed by atoms with van der Waals surface area (Å²) >= 11 is 3.31. The van der Waals surface area contributed by atoms with E-state index in [1.165, 1.54) is 12.1 Å². The molecule has 0 radical (unpaired) electrons. The zero-order valence-corrected chi connectivity index (χ0v) is 11.2. The summed E-state index contributed by atoms with van der Waals surface area (Å²) in [7, 11) is 0. The van der Waals surface area contributed by atoms with Crippen LogP contribution in [0.3, 0.4) is 0 Å². The van der Waals surface area contributed by atoms with Crippen LogP contribution in [0.4, 0.5) is 5.69 Å². The molecule has 0 amide bonds. The van der Waals surface area contributed by atoms with Crippen LogP contribution >= 0.6 is 15.9 Å². The quantitative estimate of drug-likeness (QED) is 0.528. The summed E-state index contributed by atoms with van der Waals surface area (Å²) in [5.41, 5.74) is 0.595. The molecule has 0 aliphatic heterocycles. The maximum absolute atomic E-state index is 10.6. The van der Waals surface area contributed by atoms with Gasteiger partial charge in [-0.3, -0.25) is 15.4 Å². The molecule has 0 unspecified atom stereocenters. The fourth-order valence-corrected chi connectivity index (χ4v) is 1.67. The highest BCUT2D eigenvalue weighted by molar-refractivity contribution is 9.10. The summed E-state index contributed by atoms with van der Waals surface area (Å²) in [6, 6.07) is 4.67. The van der Waals surface area contributed by atoms with Crippen LogP contribution in [0.25, 0.3) is 0 Å². The van der Waals surface area contributed by atoms with E-state index in [-0.39, 0.29) is 5.69 Å². The van der Waals surface area contributed by atoms with Gasteiger partial charge < -0.3 is 0 Å². The number of hydrogen-bond acceptors (Lipinski definition) is 3. The summed E-state index contributed by atoms with van der Waals surface area (Å²) in [6.07, 6.45) is 5.36. The molecule has 1 aromatic rings. The lowest BCUT2D eigenvalue weighted by molar-refractivity contribution is -0.384. The van der Waals surface area contributed by atoms with Crippen molar-refractivity contribution in [1.29, 1.82) is 0 Å². The smallest absolute Gasteiger partial charge is 0.270 e. The van der Waals surface area contributed by atoms with Crippen LogP contribution in [0, 0.1) is 22.5 Å². The Hall–Kier alpha value is -1.38. The van der Waals surface area contributed by atoms with Crippen LogP contribution < -0.4 is 5.32 Å². The van der Waals surface area contributed by atoms with Gasteiger partial charge in [-0.1, -0.05) is 21.9 Å². The molecule has 0 atom stereocenters. The second kappa shape index (κ2) is 5.30. The van der Waals surface area contributed by atoms with Crippen LogP contribution in [0.1, 0.15) is 19.4 Å². The van der Waals surface area contributed by atoms with Crippen molar-refractivity contribution in [1.82, 2.24) is 5.32 Å². The molecular formula is C12H13BrN2O2. The minimum atomic E-state index is -0.423.